The molecule has 0 atom stereocenters. The molecule has 0 aliphatic carbocycles. The summed E-state index contributed by atoms with van der Waals surface area (Å²) >= 11 is 0. The maximum Gasteiger partial charge on any atom is 0.323 e. The Morgan fingerprint density at radius 2 is 1.96 bits per heavy atom. The van der Waals surface area contributed by atoms with Gasteiger partial charge in [0, 0.05) is 6.21 Å². The number of fused-ring (bicyclic) bond motifs is 1. The van der Waals surface area contributed by atoms with E-state index in [1.807, 2.05) is 31.2 Å². The van der Waals surface area contributed by atoms with Gasteiger partial charge in [-0.15, -0.1) is 6.42 Å². The van der Waals surface area contributed by atoms with Crippen LogP contribution in [0.3, 0.4) is 0 Å². The molecule has 0 saturated carbocycles. The smallest absolute Gasteiger partial charge is 0.323 e. The largest absolute Gasteiger partial charge is 0.490 e. The quantitative estimate of drug-likeness (QED) is 0.537. The van der Waals surface area contributed by atoms with E-state index < -0.39 is 0 Å². The fourth-order valence-electron chi connectivity index (χ4n) is 2.36. The van der Waals surface area contributed by atoms with Crippen LogP contribution >= 0.6 is 0 Å². The minimum Gasteiger partial charge on any atom is -0.490 e. The summed E-state index contributed by atoms with van der Waals surface area (Å²) in [6.45, 7) is 2.60. The summed E-state index contributed by atoms with van der Waals surface area (Å²) in [6.07, 6.45) is 6.94. The third-order valence-electron chi connectivity index (χ3n) is 3.44. The van der Waals surface area contributed by atoms with Gasteiger partial charge in [0.05, 0.1) is 23.3 Å². The van der Waals surface area contributed by atoms with Gasteiger partial charge < -0.3 is 19.4 Å². The van der Waals surface area contributed by atoms with Gasteiger partial charge in [0.15, 0.2) is 11.5 Å². The average Bonchev–Trinajstić information content (AvgIpc) is 2.98. The van der Waals surface area contributed by atoms with Crippen LogP contribution < -0.4 is 15.2 Å². The topological polar surface area (TPSA) is 79.5 Å². The molecule has 2 aromatic carbocycles. The van der Waals surface area contributed by atoms with Crippen LogP contribution in [0.25, 0.3) is 11.0 Å². The van der Waals surface area contributed by atoms with Crippen LogP contribution in [0.4, 0.5) is 5.69 Å². The Balaban J connectivity index is 1.84. The summed E-state index contributed by atoms with van der Waals surface area (Å²) in [5, 5.41) is 0. The number of benzene rings is 2. The molecule has 0 aliphatic heterocycles. The Hall–Kier alpha value is -3.46. The van der Waals surface area contributed by atoms with Crippen molar-refractivity contribution in [3.63, 3.8) is 0 Å². The van der Waals surface area contributed by atoms with Crippen molar-refractivity contribution in [3.05, 3.63) is 52.4 Å². The van der Waals surface area contributed by atoms with Gasteiger partial charge in [0.1, 0.15) is 6.61 Å². The zero-order chi connectivity index (χ0) is 17.6. The third kappa shape index (κ3) is 3.90. The Labute approximate surface area is 144 Å². The van der Waals surface area contributed by atoms with Gasteiger partial charge in [0.25, 0.3) is 0 Å². The van der Waals surface area contributed by atoms with Crippen LogP contribution in [0.1, 0.15) is 12.5 Å². The van der Waals surface area contributed by atoms with Gasteiger partial charge in [0.2, 0.25) is 0 Å². The van der Waals surface area contributed by atoms with Crippen molar-refractivity contribution >= 4 is 22.9 Å². The van der Waals surface area contributed by atoms with Crippen molar-refractivity contribution in [2.75, 3.05) is 13.2 Å². The van der Waals surface area contributed by atoms with Crippen LogP contribution in [-0.4, -0.2) is 29.4 Å². The highest BCUT2D eigenvalue weighted by Crippen LogP contribution is 2.28. The van der Waals surface area contributed by atoms with Gasteiger partial charge in [-0.1, -0.05) is 5.92 Å². The first-order valence-electron chi connectivity index (χ1n) is 7.79. The molecule has 6 heteroatoms. The van der Waals surface area contributed by atoms with Crippen LogP contribution in [0, 0.1) is 12.3 Å². The van der Waals surface area contributed by atoms with Crippen molar-refractivity contribution in [2.24, 2.45) is 4.99 Å². The molecule has 0 fully saturated rings. The molecule has 1 heterocycles. The van der Waals surface area contributed by atoms with E-state index in [4.69, 9.17) is 15.9 Å². The molecule has 0 amide bonds. The number of aromatic amines is 2. The Kier molecular flexibility index (Phi) is 4.86. The number of H-pyrrole nitrogens is 2. The van der Waals surface area contributed by atoms with Gasteiger partial charge in [-0.25, -0.2) is 4.79 Å². The lowest BCUT2D eigenvalue weighted by atomic mass is 10.2. The van der Waals surface area contributed by atoms with Crippen LogP contribution in [0.2, 0.25) is 0 Å². The predicted molar refractivity (Wildman–Crippen MR) is 98.1 cm³/mol. The minimum atomic E-state index is -0.236. The van der Waals surface area contributed by atoms with E-state index in [-0.39, 0.29) is 12.3 Å². The Bertz CT molecular complexity index is 1010. The number of nitrogens with one attached hydrogen (secondary N) is 2. The number of aliphatic imine (C=N–C) groups is 1. The van der Waals surface area contributed by atoms with E-state index in [2.05, 4.69) is 20.9 Å². The van der Waals surface area contributed by atoms with Crippen molar-refractivity contribution in [1.82, 2.24) is 9.97 Å². The van der Waals surface area contributed by atoms with Crippen molar-refractivity contribution in [1.29, 1.82) is 0 Å². The van der Waals surface area contributed by atoms with E-state index in [9.17, 15) is 4.79 Å². The average molecular weight is 335 g/mol. The molecule has 25 heavy (non-hydrogen) atoms. The molecule has 0 aliphatic rings. The summed E-state index contributed by atoms with van der Waals surface area (Å²) in [5.74, 6) is 3.65. The first-order valence-corrected chi connectivity index (χ1v) is 7.79. The van der Waals surface area contributed by atoms with Crippen LogP contribution in [0.15, 0.2) is 46.2 Å². The van der Waals surface area contributed by atoms with Gasteiger partial charge in [-0.3, -0.25) is 4.99 Å². The summed E-state index contributed by atoms with van der Waals surface area (Å²) in [6, 6.07) is 11.0. The molecule has 3 rings (SSSR count). The first-order chi connectivity index (χ1) is 12.2. The molecule has 3 aromatic rings. The lowest BCUT2D eigenvalue weighted by molar-refractivity contribution is 0.299. The number of aromatic nitrogens is 2. The van der Waals surface area contributed by atoms with Crippen LogP contribution in [0.5, 0.6) is 11.5 Å². The van der Waals surface area contributed by atoms with Gasteiger partial charge in [-0.05, 0) is 48.9 Å². The van der Waals surface area contributed by atoms with Crippen molar-refractivity contribution in [2.45, 2.75) is 6.92 Å². The monoisotopic (exact) mass is 335 g/mol. The minimum absolute atomic E-state index is 0.183. The second-order valence-electron chi connectivity index (χ2n) is 5.20. The Morgan fingerprint density at radius 3 is 2.76 bits per heavy atom. The molecule has 126 valence electrons. The number of ether oxygens (including phenoxy) is 2. The summed E-state index contributed by atoms with van der Waals surface area (Å²) in [5.41, 5.74) is 2.82. The van der Waals surface area contributed by atoms with E-state index in [1.54, 1.807) is 18.3 Å². The predicted octanol–water partition coefficient (Wildman–Crippen LogP) is 3.02. The molecule has 2 N–H and O–H groups in total. The summed E-state index contributed by atoms with van der Waals surface area (Å²) in [7, 11) is 0. The van der Waals surface area contributed by atoms with Gasteiger partial charge >= 0.3 is 5.69 Å². The van der Waals surface area contributed by atoms with Crippen LogP contribution in [-0.2, 0) is 0 Å². The molecule has 6 nitrogen and oxygen atoms in total. The second kappa shape index (κ2) is 7.41. The highest BCUT2D eigenvalue weighted by molar-refractivity contribution is 5.85. The molecular weight excluding hydrogens is 318 g/mol. The summed E-state index contributed by atoms with van der Waals surface area (Å²) in [4.78, 5) is 21.1. The molecule has 0 radical (unpaired) electrons. The van der Waals surface area contributed by atoms with Gasteiger partial charge in [-0.2, -0.15) is 0 Å². The lowest BCUT2D eigenvalue weighted by Gasteiger charge is -2.10. The maximum absolute atomic E-state index is 11.3. The van der Waals surface area contributed by atoms with E-state index >= 15 is 0 Å². The zero-order valence-corrected chi connectivity index (χ0v) is 13.7. The number of rotatable bonds is 6. The number of terminal acetylenes is 1. The van der Waals surface area contributed by atoms with Crippen molar-refractivity contribution in [3.8, 4) is 23.8 Å². The lowest BCUT2D eigenvalue weighted by Crippen LogP contribution is -1.99. The standard InChI is InChI=1S/C19H17N3O3/c1-3-9-25-17-8-5-13(10-18(17)24-4-2)12-20-14-6-7-15-16(11-14)22-19(23)21-15/h1,5-8,10-12H,4,9H2,2H3,(H2,21,22,23). The highest BCUT2D eigenvalue weighted by Gasteiger charge is 2.05. The molecule has 1 aromatic heterocycles. The number of nitrogens with zero attached hydrogens (tertiary/aromatic N) is 1. The number of hydrogen-bond donors (Lipinski definition) is 2. The first kappa shape index (κ1) is 16.4. The number of imidazole rings is 1. The zero-order valence-electron chi connectivity index (χ0n) is 13.7. The van der Waals surface area contributed by atoms with E-state index in [1.165, 1.54) is 0 Å². The molecular formula is C19H17N3O3. The highest BCUT2D eigenvalue weighted by atomic mass is 16.5. The molecule has 0 unspecified atom stereocenters. The number of hydrogen-bond acceptors (Lipinski definition) is 4. The van der Waals surface area contributed by atoms with E-state index in [0.29, 0.717) is 23.6 Å². The summed E-state index contributed by atoms with van der Waals surface area (Å²) < 4.78 is 11.1. The maximum atomic E-state index is 11.3. The normalized spacial score (nSPS) is 10.9. The molecule has 0 saturated heterocycles. The molecule has 0 bridgehead atoms. The fourth-order valence-corrected chi connectivity index (χ4v) is 2.36. The third-order valence-corrected chi connectivity index (χ3v) is 3.44. The SMILES string of the molecule is C#CCOc1ccc(C=Nc2ccc3[nH]c(=O)[nH]c3c2)cc1OCC. The Morgan fingerprint density at radius 1 is 1.12 bits per heavy atom. The second-order valence-corrected chi connectivity index (χ2v) is 5.20. The van der Waals surface area contributed by atoms with Crippen molar-refractivity contribution < 1.29 is 9.47 Å². The van der Waals surface area contributed by atoms with E-state index in [0.717, 1.165) is 16.8 Å². The molecule has 0 spiro atoms. The fraction of sp³-hybridized carbons (Fsp3) is 0.158.